The van der Waals surface area contributed by atoms with Crippen molar-refractivity contribution in [3.8, 4) is 0 Å². The lowest BCUT2D eigenvalue weighted by atomic mass is 9.91. The Morgan fingerprint density at radius 2 is 2.00 bits per heavy atom. The number of aryl methyl sites for hydroxylation is 1. The molecule has 5 nitrogen and oxygen atoms in total. The van der Waals surface area contributed by atoms with Crippen molar-refractivity contribution in [2.75, 3.05) is 17.7 Å². The van der Waals surface area contributed by atoms with E-state index in [0.717, 1.165) is 12.1 Å². The second-order valence-electron chi connectivity index (χ2n) is 5.65. The van der Waals surface area contributed by atoms with E-state index in [-0.39, 0.29) is 11.2 Å². The summed E-state index contributed by atoms with van der Waals surface area (Å²) in [6.45, 7) is 6.69. The van der Waals surface area contributed by atoms with Crippen LogP contribution in [-0.2, 0) is 22.8 Å². The van der Waals surface area contributed by atoms with Crippen molar-refractivity contribution in [3.63, 3.8) is 0 Å². The Labute approximate surface area is 103 Å². The number of nitrogens with zero attached hydrogens (tertiary/aromatic N) is 2. The average molecular weight is 259 g/mol. The zero-order valence-electron chi connectivity index (χ0n) is 10.9. The van der Waals surface area contributed by atoms with Crippen LogP contribution in [0.25, 0.3) is 0 Å². The van der Waals surface area contributed by atoms with Crippen LogP contribution in [0.5, 0.6) is 0 Å². The molecule has 0 aliphatic rings. The first-order valence-corrected chi connectivity index (χ1v) is 7.63. The number of hydrogen-bond donors (Lipinski definition) is 1. The van der Waals surface area contributed by atoms with E-state index in [2.05, 4.69) is 25.9 Å². The van der Waals surface area contributed by atoms with E-state index < -0.39 is 9.84 Å². The third-order valence-electron chi connectivity index (χ3n) is 2.25. The molecule has 6 heteroatoms. The molecule has 0 radical (unpaired) electrons. The van der Waals surface area contributed by atoms with Gasteiger partial charge in [-0.3, -0.25) is 0 Å². The van der Waals surface area contributed by atoms with E-state index >= 15 is 0 Å². The van der Waals surface area contributed by atoms with Gasteiger partial charge in [0.05, 0.1) is 18.0 Å². The van der Waals surface area contributed by atoms with E-state index in [9.17, 15) is 8.42 Å². The van der Waals surface area contributed by atoms with Gasteiger partial charge in [0.15, 0.2) is 0 Å². The Morgan fingerprint density at radius 1 is 1.41 bits per heavy atom. The van der Waals surface area contributed by atoms with Gasteiger partial charge in [0, 0.05) is 12.3 Å². The predicted molar refractivity (Wildman–Crippen MR) is 69.5 cm³/mol. The van der Waals surface area contributed by atoms with Gasteiger partial charge in [-0.2, -0.15) is 5.10 Å². The molecule has 1 aromatic heterocycles. The molecule has 0 aromatic carbocycles. The van der Waals surface area contributed by atoms with E-state index in [1.807, 2.05) is 6.07 Å². The fourth-order valence-electron chi connectivity index (χ4n) is 1.55. The Bertz CT molecular complexity index is 483. The summed E-state index contributed by atoms with van der Waals surface area (Å²) >= 11 is 0. The Morgan fingerprint density at radius 3 is 2.47 bits per heavy atom. The molecule has 0 fully saturated rings. The lowest BCUT2D eigenvalue weighted by molar-refractivity contribution is 0.403. The van der Waals surface area contributed by atoms with Crippen LogP contribution in [0.1, 0.15) is 26.5 Å². The highest BCUT2D eigenvalue weighted by atomic mass is 32.2. The number of sulfone groups is 1. The lowest BCUT2D eigenvalue weighted by Crippen LogP contribution is -2.15. The van der Waals surface area contributed by atoms with Crippen molar-refractivity contribution in [2.24, 2.45) is 5.41 Å². The van der Waals surface area contributed by atoms with Gasteiger partial charge in [-0.25, -0.2) is 13.1 Å². The van der Waals surface area contributed by atoms with Gasteiger partial charge in [-0.1, -0.05) is 20.8 Å². The summed E-state index contributed by atoms with van der Waals surface area (Å²) < 4.78 is 23.7. The van der Waals surface area contributed by atoms with Gasteiger partial charge in [-0.15, -0.1) is 0 Å². The molecular weight excluding hydrogens is 238 g/mol. The van der Waals surface area contributed by atoms with Gasteiger partial charge in [0.1, 0.15) is 15.7 Å². The SMILES string of the molecule is CC(C)(C)Cc1cc(N)n(CCS(C)(=O)=O)n1. The van der Waals surface area contributed by atoms with Crippen LogP contribution in [-0.4, -0.2) is 30.2 Å². The fourth-order valence-corrected chi connectivity index (χ4v) is 2.05. The quantitative estimate of drug-likeness (QED) is 0.878. The van der Waals surface area contributed by atoms with Crippen LogP contribution in [0, 0.1) is 5.41 Å². The molecule has 98 valence electrons. The number of nitrogens with two attached hydrogens (primary N) is 1. The molecule has 0 spiro atoms. The van der Waals surface area contributed by atoms with Crippen LogP contribution in [0.2, 0.25) is 0 Å². The summed E-state index contributed by atoms with van der Waals surface area (Å²) in [4.78, 5) is 0. The summed E-state index contributed by atoms with van der Waals surface area (Å²) in [5.74, 6) is 0.585. The molecule has 1 rings (SSSR count). The molecule has 2 N–H and O–H groups in total. The highest BCUT2D eigenvalue weighted by Crippen LogP contribution is 2.20. The van der Waals surface area contributed by atoms with Crippen LogP contribution in [0.3, 0.4) is 0 Å². The zero-order valence-corrected chi connectivity index (χ0v) is 11.7. The molecule has 0 aliphatic heterocycles. The summed E-state index contributed by atoms with van der Waals surface area (Å²) in [6.07, 6.45) is 2.03. The fraction of sp³-hybridized carbons (Fsp3) is 0.727. The third kappa shape index (κ3) is 5.21. The number of hydrogen-bond acceptors (Lipinski definition) is 4. The molecule has 1 heterocycles. The Hall–Kier alpha value is -1.04. The maximum Gasteiger partial charge on any atom is 0.149 e. The van der Waals surface area contributed by atoms with E-state index in [1.54, 1.807) is 4.68 Å². The number of aromatic nitrogens is 2. The summed E-state index contributed by atoms with van der Waals surface area (Å²) in [6, 6.07) is 1.81. The maximum atomic E-state index is 11.1. The molecule has 0 aliphatic carbocycles. The molecule has 0 atom stereocenters. The van der Waals surface area contributed by atoms with Gasteiger partial charge >= 0.3 is 0 Å². The van der Waals surface area contributed by atoms with Gasteiger partial charge in [-0.05, 0) is 11.8 Å². The highest BCUT2D eigenvalue weighted by molar-refractivity contribution is 7.90. The van der Waals surface area contributed by atoms with Crippen LogP contribution in [0.15, 0.2) is 6.07 Å². The van der Waals surface area contributed by atoms with Crippen LogP contribution in [0.4, 0.5) is 5.82 Å². The highest BCUT2D eigenvalue weighted by Gasteiger charge is 2.15. The smallest absolute Gasteiger partial charge is 0.149 e. The van der Waals surface area contributed by atoms with Crippen molar-refractivity contribution in [3.05, 3.63) is 11.8 Å². The van der Waals surface area contributed by atoms with Crippen molar-refractivity contribution < 1.29 is 8.42 Å². The minimum absolute atomic E-state index is 0.0633. The minimum Gasteiger partial charge on any atom is -0.384 e. The lowest BCUT2D eigenvalue weighted by Gasteiger charge is -2.15. The predicted octanol–water partition coefficient (Wildman–Crippen LogP) is 1.10. The number of anilines is 1. The third-order valence-corrected chi connectivity index (χ3v) is 3.17. The normalized spacial score (nSPS) is 12.9. The Balaban J connectivity index is 2.75. The van der Waals surface area contributed by atoms with Gasteiger partial charge < -0.3 is 5.73 Å². The van der Waals surface area contributed by atoms with Crippen molar-refractivity contribution in [1.29, 1.82) is 0 Å². The topological polar surface area (TPSA) is 78.0 Å². The molecule has 1 aromatic rings. The maximum absolute atomic E-state index is 11.1. The first-order valence-electron chi connectivity index (χ1n) is 5.57. The van der Waals surface area contributed by atoms with Gasteiger partial charge in [0.25, 0.3) is 0 Å². The zero-order chi connectivity index (χ0) is 13.3. The second-order valence-corrected chi connectivity index (χ2v) is 7.91. The Kier molecular flexibility index (Phi) is 3.86. The monoisotopic (exact) mass is 259 g/mol. The van der Waals surface area contributed by atoms with Crippen LogP contribution >= 0.6 is 0 Å². The first kappa shape index (κ1) is 14.0. The van der Waals surface area contributed by atoms with Gasteiger partial charge in [0.2, 0.25) is 0 Å². The molecule has 0 unspecified atom stereocenters. The largest absolute Gasteiger partial charge is 0.384 e. The van der Waals surface area contributed by atoms with E-state index in [4.69, 9.17) is 5.73 Å². The molecule has 0 saturated carbocycles. The molecule has 0 bridgehead atoms. The molecule has 0 amide bonds. The van der Waals surface area contributed by atoms with E-state index in [0.29, 0.717) is 12.4 Å². The van der Waals surface area contributed by atoms with Crippen molar-refractivity contribution in [1.82, 2.24) is 9.78 Å². The molecular formula is C11H21N3O2S. The molecule has 0 saturated heterocycles. The summed E-state index contributed by atoms with van der Waals surface area (Å²) in [7, 11) is -2.98. The summed E-state index contributed by atoms with van der Waals surface area (Å²) in [5.41, 5.74) is 6.84. The minimum atomic E-state index is -2.98. The van der Waals surface area contributed by atoms with Crippen molar-refractivity contribution in [2.45, 2.75) is 33.7 Å². The van der Waals surface area contributed by atoms with E-state index in [1.165, 1.54) is 6.26 Å². The number of nitrogen functional groups attached to an aromatic ring is 1. The van der Waals surface area contributed by atoms with Crippen LogP contribution < -0.4 is 5.73 Å². The molecule has 17 heavy (non-hydrogen) atoms. The standard InChI is InChI=1S/C11H21N3O2S/c1-11(2,3)8-9-7-10(12)14(13-9)5-6-17(4,15)16/h7H,5-6,8,12H2,1-4H3. The van der Waals surface area contributed by atoms with Crippen molar-refractivity contribution >= 4 is 15.7 Å². The summed E-state index contributed by atoms with van der Waals surface area (Å²) in [5, 5.41) is 4.33. The first-order chi connectivity index (χ1) is 7.57. The second kappa shape index (κ2) is 4.68. The average Bonchev–Trinajstić information content (AvgIpc) is 2.38. The number of rotatable bonds is 4.